The Morgan fingerprint density at radius 3 is 2.80 bits per heavy atom. The van der Waals surface area contributed by atoms with Gasteiger partial charge in [-0.1, -0.05) is 6.07 Å². The standard InChI is InChI=1S/C19H24N2O4/c22-18(15-2-1-9-21(11-15)19(23)14-4-5-14)20-8-7-13-3-6-16-17(10-13)25-12-24-16/h3,6,10,14-15H,1-2,4-5,7-9,11-12H2,(H,20,22)/t15-/m0/s1. The van der Waals surface area contributed by atoms with E-state index in [9.17, 15) is 9.59 Å². The van der Waals surface area contributed by atoms with E-state index in [2.05, 4.69) is 5.32 Å². The van der Waals surface area contributed by atoms with E-state index in [1.54, 1.807) is 0 Å². The number of carbonyl (C=O) groups excluding carboxylic acids is 2. The minimum Gasteiger partial charge on any atom is -0.454 e. The van der Waals surface area contributed by atoms with Gasteiger partial charge in [-0.2, -0.15) is 0 Å². The summed E-state index contributed by atoms with van der Waals surface area (Å²) in [4.78, 5) is 26.5. The van der Waals surface area contributed by atoms with Crippen molar-refractivity contribution in [2.75, 3.05) is 26.4 Å². The van der Waals surface area contributed by atoms with Crippen molar-refractivity contribution in [2.24, 2.45) is 11.8 Å². The second-order valence-electron chi connectivity index (χ2n) is 7.13. The number of piperidine rings is 1. The number of carbonyl (C=O) groups is 2. The fourth-order valence-corrected chi connectivity index (χ4v) is 3.55. The molecule has 0 aromatic heterocycles. The van der Waals surface area contributed by atoms with E-state index in [0.29, 0.717) is 13.1 Å². The Kier molecular flexibility index (Phi) is 4.51. The fraction of sp³-hybridized carbons (Fsp3) is 0.579. The normalized spacial score (nSPS) is 21.9. The lowest BCUT2D eigenvalue weighted by Crippen LogP contribution is -2.46. The van der Waals surface area contributed by atoms with Crippen molar-refractivity contribution >= 4 is 11.8 Å². The van der Waals surface area contributed by atoms with Crippen molar-refractivity contribution in [1.82, 2.24) is 10.2 Å². The van der Waals surface area contributed by atoms with Crippen LogP contribution in [-0.2, 0) is 16.0 Å². The van der Waals surface area contributed by atoms with Crippen LogP contribution in [0, 0.1) is 11.8 Å². The number of nitrogens with one attached hydrogen (secondary N) is 1. The van der Waals surface area contributed by atoms with E-state index in [1.807, 2.05) is 23.1 Å². The van der Waals surface area contributed by atoms with E-state index < -0.39 is 0 Å². The molecule has 1 aliphatic carbocycles. The first-order chi connectivity index (χ1) is 12.2. The highest BCUT2D eigenvalue weighted by Crippen LogP contribution is 2.33. The van der Waals surface area contributed by atoms with Crippen LogP contribution in [-0.4, -0.2) is 43.1 Å². The largest absolute Gasteiger partial charge is 0.454 e. The van der Waals surface area contributed by atoms with Gasteiger partial charge in [0.05, 0.1) is 5.92 Å². The molecule has 0 spiro atoms. The van der Waals surface area contributed by atoms with Gasteiger partial charge in [-0.25, -0.2) is 0 Å². The molecule has 6 nitrogen and oxygen atoms in total. The Morgan fingerprint density at radius 2 is 1.96 bits per heavy atom. The molecule has 1 atom stereocenters. The molecule has 2 fully saturated rings. The van der Waals surface area contributed by atoms with Gasteiger partial charge < -0.3 is 19.7 Å². The number of hydrogen-bond donors (Lipinski definition) is 1. The second kappa shape index (κ2) is 6.94. The molecule has 134 valence electrons. The summed E-state index contributed by atoms with van der Waals surface area (Å²) in [5.41, 5.74) is 1.11. The van der Waals surface area contributed by atoms with Crippen LogP contribution in [0.1, 0.15) is 31.2 Å². The number of nitrogens with zero attached hydrogens (tertiary/aromatic N) is 1. The van der Waals surface area contributed by atoms with Gasteiger partial charge in [0.15, 0.2) is 11.5 Å². The molecule has 0 bridgehead atoms. The maximum Gasteiger partial charge on any atom is 0.231 e. The van der Waals surface area contributed by atoms with Gasteiger partial charge in [0.25, 0.3) is 0 Å². The zero-order valence-electron chi connectivity index (χ0n) is 14.3. The third kappa shape index (κ3) is 3.72. The SMILES string of the molecule is O=C(NCCc1ccc2c(c1)OCO2)[C@H]1CCCN(C(=O)C2CC2)C1. The highest BCUT2D eigenvalue weighted by Gasteiger charge is 2.36. The lowest BCUT2D eigenvalue weighted by atomic mass is 9.96. The number of ether oxygens (including phenoxy) is 2. The summed E-state index contributed by atoms with van der Waals surface area (Å²) in [5.74, 6) is 2.01. The molecular weight excluding hydrogens is 320 g/mol. The van der Waals surface area contributed by atoms with Crippen LogP contribution >= 0.6 is 0 Å². The Hall–Kier alpha value is -2.24. The summed E-state index contributed by atoms with van der Waals surface area (Å²) in [6, 6.07) is 5.86. The van der Waals surface area contributed by atoms with Crippen molar-refractivity contribution in [3.63, 3.8) is 0 Å². The van der Waals surface area contributed by atoms with E-state index in [4.69, 9.17) is 9.47 Å². The third-order valence-corrected chi connectivity index (χ3v) is 5.18. The first kappa shape index (κ1) is 16.2. The number of hydrogen-bond acceptors (Lipinski definition) is 4. The molecule has 4 rings (SSSR count). The van der Waals surface area contributed by atoms with E-state index >= 15 is 0 Å². The molecule has 1 aromatic carbocycles. The maximum atomic E-state index is 12.4. The molecule has 2 aliphatic heterocycles. The number of benzene rings is 1. The van der Waals surface area contributed by atoms with Crippen LogP contribution in [0.3, 0.4) is 0 Å². The van der Waals surface area contributed by atoms with Crippen LogP contribution in [0.25, 0.3) is 0 Å². The minimum absolute atomic E-state index is 0.0639. The average molecular weight is 344 g/mol. The average Bonchev–Trinajstić information content (AvgIpc) is 3.39. The molecule has 6 heteroatoms. The highest BCUT2D eigenvalue weighted by molar-refractivity contribution is 5.83. The summed E-state index contributed by atoms with van der Waals surface area (Å²) >= 11 is 0. The Balaban J connectivity index is 1.25. The molecule has 0 radical (unpaired) electrons. The number of fused-ring (bicyclic) bond motifs is 1. The Labute approximate surface area is 147 Å². The van der Waals surface area contributed by atoms with Crippen molar-refractivity contribution in [1.29, 1.82) is 0 Å². The lowest BCUT2D eigenvalue weighted by molar-refractivity contribution is -0.136. The Bertz CT molecular complexity index is 671. The lowest BCUT2D eigenvalue weighted by Gasteiger charge is -2.32. The summed E-state index contributed by atoms with van der Waals surface area (Å²) in [5, 5.41) is 3.02. The Morgan fingerprint density at radius 1 is 1.12 bits per heavy atom. The van der Waals surface area contributed by atoms with Gasteiger partial charge in [0, 0.05) is 25.6 Å². The summed E-state index contributed by atoms with van der Waals surface area (Å²) < 4.78 is 10.7. The molecule has 2 heterocycles. The van der Waals surface area contributed by atoms with Crippen LogP contribution < -0.4 is 14.8 Å². The summed E-state index contributed by atoms with van der Waals surface area (Å²) in [7, 11) is 0. The molecule has 2 amide bonds. The minimum atomic E-state index is -0.0757. The third-order valence-electron chi connectivity index (χ3n) is 5.18. The van der Waals surface area contributed by atoms with Gasteiger partial charge in [-0.05, 0) is 49.8 Å². The molecule has 1 saturated carbocycles. The van der Waals surface area contributed by atoms with Crippen LogP contribution in [0.5, 0.6) is 11.5 Å². The zero-order valence-corrected chi connectivity index (χ0v) is 14.3. The second-order valence-corrected chi connectivity index (χ2v) is 7.13. The van der Waals surface area contributed by atoms with Gasteiger partial charge in [-0.3, -0.25) is 9.59 Å². The van der Waals surface area contributed by atoms with E-state index in [0.717, 1.165) is 55.7 Å². The van der Waals surface area contributed by atoms with Crippen LogP contribution in [0.15, 0.2) is 18.2 Å². The van der Waals surface area contributed by atoms with E-state index in [1.165, 1.54) is 0 Å². The van der Waals surface area contributed by atoms with Crippen molar-refractivity contribution in [3.05, 3.63) is 23.8 Å². The molecule has 0 unspecified atom stereocenters. The van der Waals surface area contributed by atoms with Crippen molar-refractivity contribution < 1.29 is 19.1 Å². The summed E-state index contributed by atoms with van der Waals surface area (Å²) in [6.45, 7) is 2.24. The molecule has 1 saturated heterocycles. The van der Waals surface area contributed by atoms with Gasteiger partial charge in [0.2, 0.25) is 18.6 Å². The molecule has 1 aromatic rings. The molecular formula is C19H24N2O4. The molecule has 3 aliphatic rings. The predicted octanol–water partition coefficient (Wildman–Crippen LogP) is 1.72. The number of likely N-dealkylation sites (tertiary alicyclic amines) is 1. The highest BCUT2D eigenvalue weighted by atomic mass is 16.7. The fourth-order valence-electron chi connectivity index (χ4n) is 3.55. The number of rotatable bonds is 5. The quantitative estimate of drug-likeness (QED) is 0.883. The maximum absolute atomic E-state index is 12.4. The van der Waals surface area contributed by atoms with Crippen molar-refractivity contribution in [3.8, 4) is 11.5 Å². The first-order valence-electron chi connectivity index (χ1n) is 9.16. The number of amides is 2. The van der Waals surface area contributed by atoms with Crippen LogP contribution in [0.2, 0.25) is 0 Å². The predicted molar refractivity (Wildman–Crippen MR) is 91.3 cm³/mol. The van der Waals surface area contributed by atoms with Gasteiger partial charge in [0.1, 0.15) is 0 Å². The van der Waals surface area contributed by atoms with Crippen molar-refractivity contribution in [2.45, 2.75) is 32.1 Å². The van der Waals surface area contributed by atoms with Gasteiger partial charge in [-0.15, -0.1) is 0 Å². The molecule has 1 N–H and O–H groups in total. The molecule has 25 heavy (non-hydrogen) atoms. The monoisotopic (exact) mass is 344 g/mol. The topological polar surface area (TPSA) is 67.9 Å². The first-order valence-corrected chi connectivity index (χ1v) is 9.16. The summed E-state index contributed by atoms with van der Waals surface area (Å²) in [6.07, 6.45) is 4.56. The smallest absolute Gasteiger partial charge is 0.231 e. The van der Waals surface area contributed by atoms with Gasteiger partial charge >= 0.3 is 0 Å². The van der Waals surface area contributed by atoms with Crippen LogP contribution in [0.4, 0.5) is 0 Å². The zero-order chi connectivity index (χ0) is 17.2. The van der Waals surface area contributed by atoms with E-state index in [-0.39, 0.29) is 30.4 Å².